The molecule has 3 aliphatic carbocycles. The van der Waals surface area contributed by atoms with Crippen LogP contribution < -0.4 is 0 Å². The minimum absolute atomic E-state index is 0.00206. The Morgan fingerprint density at radius 2 is 2.21 bits per heavy atom. The van der Waals surface area contributed by atoms with Crippen molar-refractivity contribution in [3.63, 3.8) is 0 Å². The van der Waals surface area contributed by atoms with Crippen molar-refractivity contribution in [1.82, 2.24) is 0 Å². The van der Waals surface area contributed by atoms with Crippen molar-refractivity contribution in [2.75, 3.05) is 0 Å². The number of phenolic OH excluding ortho intramolecular Hbond substituents is 1. The molecule has 0 aromatic heterocycles. The van der Waals surface area contributed by atoms with Gasteiger partial charge in [-0.3, -0.25) is 4.79 Å². The molecular formula is C15H12ClFO2. The number of phenols is 1. The zero-order valence-electron chi connectivity index (χ0n) is 10.2. The number of halogens is 2. The second kappa shape index (κ2) is 3.40. The third kappa shape index (κ3) is 1.24. The van der Waals surface area contributed by atoms with Crippen molar-refractivity contribution in [3.05, 3.63) is 34.1 Å². The number of fused-ring (bicyclic) bond motifs is 3. The highest BCUT2D eigenvalue weighted by atomic mass is 35.5. The summed E-state index contributed by atoms with van der Waals surface area (Å²) in [5.74, 6) is -0.881. The summed E-state index contributed by atoms with van der Waals surface area (Å²) in [6, 6.07) is 3.03. The van der Waals surface area contributed by atoms with Crippen molar-refractivity contribution in [2.45, 2.75) is 25.7 Å². The summed E-state index contributed by atoms with van der Waals surface area (Å²) < 4.78 is 14.1. The van der Waals surface area contributed by atoms with Crippen LogP contribution >= 0.6 is 11.6 Å². The van der Waals surface area contributed by atoms with Crippen LogP contribution in [0, 0.1) is 17.2 Å². The van der Waals surface area contributed by atoms with Crippen LogP contribution in [0.2, 0.25) is 0 Å². The fourth-order valence-electron chi connectivity index (χ4n) is 4.12. The van der Waals surface area contributed by atoms with E-state index in [2.05, 4.69) is 0 Å². The number of rotatable bonds is 0. The normalized spacial score (nSPS) is 31.7. The molecule has 2 unspecified atom stereocenters. The zero-order valence-corrected chi connectivity index (χ0v) is 10.9. The molecule has 0 saturated heterocycles. The first-order valence-electron chi connectivity index (χ1n) is 6.49. The zero-order chi connectivity index (χ0) is 13.4. The maximum Gasteiger partial charge on any atom is 0.177 e. The Balaban J connectivity index is 2.03. The van der Waals surface area contributed by atoms with Crippen LogP contribution in [0.3, 0.4) is 0 Å². The van der Waals surface area contributed by atoms with Gasteiger partial charge in [-0.15, -0.1) is 0 Å². The average Bonchev–Trinajstić information content (AvgIpc) is 2.93. The quantitative estimate of drug-likeness (QED) is 0.790. The molecular weight excluding hydrogens is 267 g/mol. The smallest absolute Gasteiger partial charge is 0.177 e. The van der Waals surface area contributed by atoms with Gasteiger partial charge in [0, 0.05) is 16.9 Å². The molecule has 4 heteroatoms. The Morgan fingerprint density at radius 3 is 3.00 bits per heavy atom. The van der Waals surface area contributed by atoms with E-state index < -0.39 is 5.82 Å². The van der Waals surface area contributed by atoms with Crippen LogP contribution in [0.1, 0.15) is 30.4 Å². The topological polar surface area (TPSA) is 37.3 Å². The molecule has 1 aromatic rings. The number of Topliss-reactive ketones (excluding diaryl/α,β-unsaturated/α-hetero) is 1. The van der Waals surface area contributed by atoms with Gasteiger partial charge in [-0.2, -0.15) is 0 Å². The fourth-order valence-corrected chi connectivity index (χ4v) is 4.58. The Labute approximate surface area is 114 Å². The molecule has 98 valence electrons. The lowest BCUT2D eigenvalue weighted by atomic mass is 9.74. The molecule has 4 rings (SSSR count). The summed E-state index contributed by atoms with van der Waals surface area (Å²) in [6.07, 6.45) is 3.04. The molecule has 0 amide bonds. The molecule has 3 aliphatic rings. The summed E-state index contributed by atoms with van der Waals surface area (Å²) in [7, 11) is 0. The van der Waals surface area contributed by atoms with Gasteiger partial charge in [0.15, 0.2) is 17.3 Å². The first kappa shape index (κ1) is 11.5. The highest BCUT2D eigenvalue weighted by Gasteiger charge is 2.54. The van der Waals surface area contributed by atoms with E-state index in [1.165, 1.54) is 6.07 Å². The Kier molecular flexibility index (Phi) is 2.05. The van der Waals surface area contributed by atoms with E-state index in [4.69, 9.17) is 11.6 Å². The minimum atomic E-state index is -0.561. The van der Waals surface area contributed by atoms with E-state index in [1.807, 2.05) is 0 Å². The first-order chi connectivity index (χ1) is 9.03. The predicted octanol–water partition coefficient (Wildman–Crippen LogP) is 3.41. The van der Waals surface area contributed by atoms with E-state index in [1.54, 1.807) is 6.07 Å². The van der Waals surface area contributed by atoms with Crippen LogP contribution in [0.25, 0.3) is 5.57 Å². The van der Waals surface area contributed by atoms with Crippen LogP contribution in [-0.4, -0.2) is 10.9 Å². The summed E-state index contributed by atoms with van der Waals surface area (Å²) in [6.45, 7) is 0. The lowest BCUT2D eigenvalue weighted by Crippen LogP contribution is -2.26. The number of ketones is 1. The van der Waals surface area contributed by atoms with E-state index >= 15 is 0 Å². The van der Waals surface area contributed by atoms with E-state index in [-0.39, 0.29) is 27.9 Å². The molecule has 1 fully saturated rings. The van der Waals surface area contributed by atoms with Crippen LogP contribution in [0.4, 0.5) is 4.39 Å². The van der Waals surface area contributed by atoms with Gasteiger partial charge in [0.25, 0.3) is 0 Å². The minimum Gasteiger partial charge on any atom is -0.505 e. The van der Waals surface area contributed by atoms with E-state index in [0.717, 1.165) is 24.8 Å². The first-order valence-corrected chi connectivity index (χ1v) is 6.86. The van der Waals surface area contributed by atoms with Crippen LogP contribution in [0.15, 0.2) is 17.2 Å². The molecule has 0 heterocycles. The fraction of sp³-hybridized carbons (Fsp3) is 0.400. The molecule has 19 heavy (non-hydrogen) atoms. The van der Waals surface area contributed by atoms with Gasteiger partial charge in [-0.25, -0.2) is 4.39 Å². The number of carbonyl (C=O) groups excluding carboxylic acids is 1. The lowest BCUT2D eigenvalue weighted by molar-refractivity contribution is -0.118. The third-order valence-corrected chi connectivity index (χ3v) is 5.33. The molecule has 1 N–H and O–H groups in total. The number of hydrogen-bond acceptors (Lipinski definition) is 2. The predicted molar refractivity (Wildman–Crippen MR) is 69.3 cm³/mol. The van der Waals surface area contributed by atoms with Crippen molar-refractivity contribution in [1.29, 1.82) is 0 Å². The molecule has 1 spiro atoms. The monoisotopic (exact) mass is 278 g/mol. The molecule has 1 saturated carbocycles. The second-order valence-electron chi connectivity index (χ2n) is 5.87. The Hall–Kier alpha value is -1.35. The van der Waals surface area contributed by atoms with Gasteiger partial charge >= 0.3 is 0 Å². The third-order valence-electron chi connectivity index (χ3n) is 4.95. The maximum absolute atomic E-state index is 14.1. The number of carbonyl (C=O) groups is 1. The summed E-state index contributed by atoms with van der Waals surface area (Å²) >= 11 is 6.26. The Bertz CT molecular complexity index is 664. The van der Waals surface area contributed by atoms with Gasteiger partial charge in [0.2, 0.25) is 0 Å². The number of allylic oxidation sites excluding steroid dienone is 2. The van der Waals surface area contributed by atoms with Gasteiger partial charge < -0.3 is 5.11 Å². The molecule has 2 nitrogen and oxygen atoms in total. The SMILES string of the molecule is O=C1C(Cl)=C2c3ccc(O)c(F)c3CC23CCC1C3. The molecule has 2 atom stereocenters. The van der Waals surface area contributed by atoms with Gasteiger partial charge in [-0.05, 0) is 42.9 Å². The van der Waals surface area contributed by atoms with Crippen LogP contribution in [0.5, 0.6) is 5.75 Å². The van der Waals surface area contributed by atoms with Gasteiger partial charge in [0.05, 0.1) is 5.03 Å². The number of hydrogen-bond donors (Lipinski definition) is 1. The van der Waals surface area contributed by atoms with Crippen molar-refractivity contribution >= 4 is 23.0 Å². The molecule has 0 radical (unpaired) electrons. The largest absolute Gasteiger partial charge is 0.505 e. The second-order valence-corrected chi connectivity index (χ2v) is 6.25. The molecule has 0 aliphatic heterocycles. The number of benzene rings is 1. The summed E-state index contributed by atoms with van der Waals surface area (Å²) in [4.78, 5) is 12.2. The number of aromatic hydroxyl groups is 1. The van der Waals surface area contributed by atoms with E-state index in [9.17, 15) is 14.3 Å². The van der Waals surface area contributed by atoms with Crippen molar-refractivity contribution < 1.29 is 14.3 Å². The van der Waals surface area contributed by atoms with Gasteiger partial charge in [-0.1, -0.05) is 17.7 Å². The van der Waals surface area contributed by atoms with Gasteiger partial charge in [0.1, 0.15) is 0 Å². The van der Waals surface area contributed by atoms with Crippen molar-refractivity contribution in [2.24, 2.45) is 11.3 Å². The van der Waals surface area contributed by atoms with Crippen molar-refractivity contribution in [3.8, 4) is 5.75 Å². The molecule has 2 bridgehead atoms. The summed E-state index contributed by atoms with van der Waals surface area (Å²) in [5.41, 5.74) is 1.88. The van der Waals surface area contributed by atoms with E-state index in [0.29, 0.717) is 17.5 Å². The average molecular weight is 279 g/mol. The standard InChI is InChI=1S/C15H12ClFO2/c16-12-11-8-1-2-10(18)13(17)9(8)6-15(11)4-3-7(5-15)14(12)19/h1-2,7,18H,3-6H2. The molecule has 1 aromatic carbocycles. The highest BCUT2D eigenvalue weighted by Crippen LogP contribution is 2.63. The van der Waals surface area contributed by atoms with Crippen LogP contribution in [-0.2, 0) is 11.2 Å². The summed E-state index contributed by atoms with van der Waals surface area (Å²) in [5, 5.41) is 9.80. The Morgan fingerprint density at radius 1 is 1.42 bits per heavy atom. The highest BCUT2D eigenvalue weighted by molar-refractivity contribution is 6.46. The maximum atomic E-state index is 14.1. The lowest BCUT2D eigenvalue weighted by Gasteiger charge is -2.30.